The number of hydrogen-bond donors (Lipinski definition) is 2. The van der Waals surface area contributed by atoms with E-state index in [4.69, 9.17) is 4.74 Å². The first kappa shape index (κ1) is 25.9. The van der Waals surface area contributed by atoms with E-state index >= 15 is 0 Å². The van der Waals surface area contributed by atoms with Crippen molar-refractivity contribution in [3.05, 3.63) is 74.8 Å². The molecule has 0 aliphatic rings. The van der Waals surface area contributed by atoms with Crippen LogP contribution in [-0.2, 0) is 19.3 Å². The number of aromatic nitrogens is 2. The van der Waals surface area contributed by atoms with Gasteiger partial charge in [0.05, 0.1) is 12.8 Å². The van der Waals surface area contributed by atoms with Gasteiger partial charge in [-0.15, -0.1) is 0 Å². The first-order valence-electron chi connectivity index (χ1n) is 11.5. The van der Waals surface area contributed by atoms with Crippen molar-refractivity contribution in [2.24, 2.45) is 0 Å². The molecule has 8 heteroatoms. The Hall–Kier alpha value is -2.71. The second kappa shape index (κ2) is 12.1. The monoisotopic (exact) mass is 530 g/mol. The fraction of sp³-hybridized carbons (Fsp3) is 0.385. The predicted molar refractivity (Wildman–Crippen MR) is 137 cm³/mol. The number of ether oxygens (including phenoxy) is 1. The summed E-state index contributed by atoms with van der Waals surface area (Å²) < 4.78 is 21.1. The number of carbonyl (C=O) groups excluding carboxylic acids is 1. The van der Waals surface area contributed by atoms with Gasteiger partial charge in [-0.25, -0.2) is 9.37 Å². The summed E-state index contributed by atoms with van der Waals surface area (Å²) in [6.45, 7) is 9.08. The highest BCUT2D eigenvalue weighted by molar-refractivity contribution is 9.10. The van der Waals surface area contributed by atoms with Crippen LogP contribution in [0.25, 0.3) is 0 Å². The van der Waals surface area contributed by atoms with E-state index in [-0.39, 0.29) is 5.91 Å². The van der Waals surface area contributed by atoms with Gasteiger partial charge in [-0.05, 0) is 68.8 Å². The molecule has 1 heterocycles. The van der Waals surface area contributed by atoms with Gasteiger partial charge >= 0.3 is 0 Å². The molecular weight excluding hydrogens is 499 g/mol. The molecule has 0 saturated carbocycles. The zero-order valence-electron chi connectivity index (χ0n) is 20.2. The lowest BCUT2D eigenvalue weighted by Crippen LogP contribution is -2.25. The predicted octanol–water partition coefficient (Wildman–Crippen LogP) is 5.55. The molecule has 6 nitrogen and oxygen atoms in total. The standard InChI is InChI=1S/C26H32BrFN4O2/c1-5-32(6-2)15-14-23-17(3)29-26(30-23)31-25(33)21-8-7-9-22(28)20(21)12-10-18-16-19(27)11-13-24(18)34-4/h7-9,11,13,16H,5-6,10,12,14-15H2,1-4H3,(H2,29,30,31,33). The van der Waals surface area contributed by atoms with Crippen molar-refractivity contribution < 1.29 is 13.9 Å². The minimum Gasteiger partial charge on any atom is -0.496 e. The fourth-order valence-electron chi connectivity index (χ4n) is 4.01. The number of hydrogen-bond acceptors (Lipinski definition) is 4. The van der Waals surface area contributed by atoms with Gasteiger partial charge in [0.2, 0.25) is 5.95 Å². The molecule has 3 rings (SSSR count). The Balaban J connectivity index is 1.75. The van der Waals surface area contributed by atoms with Crippen LogP contribution >= 0.6 is 15.9 Å². The Morgan fingerprint density at radius 1 is 1.18 bits per heavy atom. The summed E-state index contributed by atoms with van der Waals surface area (Å²) in [5.41, 5.74) is 3.44. The summed E-state index contributed by atoms with van der Waals surface area (Å²) in [6.07, 6.45) is 1.70. The van der Waals surface area contributed by atoms with Gasteiger partial charge in [0.25, 0.3) is 5.91 Å². The zero-order chi connectivity index (χ0) is 24.7. The van der Waals surface area contributed by atoms with Crippen LogP contribution in [0.1, 0.15) is 46.7 Å². The zero-order valence-corrected chi connectivity index (χ0v) is 21.8. The van der Waals surface area contributed by atoms with Crippen LogP contribution in [0, 0.1) is 12.7 Å². The number of benzene rings is 2. The van der Waals surface area contributed by atoms with Crippen LogP contribution in [0.4, 0.5) is 10.3 Å². The molecule has 3 aromatic rings. The lowest BCUT2D eigenvalue weighted by molar-refractivity contribution is 0.102. The minimum atomic E-state index is -0.405. The molecule has 0 aliphatic heterocycles. The largest absolute Gasteiger partial charge is 0.496 e. The maximum Gasteiger partial charge on any atom is 0.258 e. The third kappa shape index (κ3) is 6.45. The highest BCUT2D eigenvalue weighted by atomic mass is 79.9. The maximum atomic E-state index is 14.8. The van der Waals surface area contributed by atoms with Crippen molar-refractivity contribution in [3.8, 4) is 5.75 Å². The number of likely N-dealkylation sites (N-methyl/N-ethyl adjacent to an activating group) is 1. The number of aromatic amines is 1. The smallest absolute Gasteiger partial charge is 0.258 e. The van der Waals surface area contributed by atoms with Gasteiger partial charge in [0.1, 0.15) is 11.6 Å². The molecule has 0 fully saturated rings. The number of rotatable bonds is 11. The van der Waals surface area contributed by atoms with E-state index < -0.39 is 5.82 Å². The van der Waals surface area contributed by atoms with Crippen LogP contribution in [0.5, 0.6) is 5.75 Å². The summed E-state index contributed by atoms with van der Waals surface area (Å²) in [4.78, 5) is 23.1. The van der Waals surface area contributed by atoms with Crippen molar-refractivity contribution in [2.75, 3.05) is 32.1 Å². The number of nitrogens with one attached hydrogen (secondary N) is 2. The molecule has 0 unspecified atom stereocenters. The molecule has 0 bridgehead atoms. The van der Waals surface area contributed by atoms with E-state index in [9.17, 15) is 9.18 Å². The number of nitrogens with zero attached hydrogens (tertiary/aromatic N) is 2. The second-order valence-corrected chi connectivity index (χ2v) is 9.02. The van der Waals surface area contributed by atoms with E-state index in [1.165, 1.54) is 6.07 Å². The van der Waals surface area contributed by atoms with Crippen LogP contribution in [0.3, 0.4) is 0 Å². The number of H-pyrrole nitrogens is 1. The Kier molecular flexibility index (Phi) is 9.24. The number of amides is 1. The van der Waals surface area contributed by atoms with Crippen molar-refractivity contribution in [1.82, 2.24) is 14.9 Å². The SMILES string of the molecule is CCN(CC)CCc1[nH]c(NC(=O)c2cccc(F)c2CCc2cc(Br)ccc2OC)nc1C. The molecule has 0 spiro atoms. The van der Waals surface area contributed by atoms with Gasteiger partial charge < -0.3 is 14.6 Å². The molecule has 0 saturated heterocycles. The molecule has 2 aromatic carbocycles. The number of carbonyl (C=O) groups is 1. The summed E-state index contributed by atoms with van der Waals surface area (Å²) in [5, 5.41) is 2.81. The molecule has 34 heavy (non-hydrogen) atoms. The lowest BCUT2D eigenvalue weighted by atomic mass is 9.98. The van der Waals surface area contributed by atoms with Crippen molar-refractivity contribution in [1.29, 1.82) is 0 Å². The topological polar surface area (TPSA) is 70.2 Å². The van der Waals surface area contributed by atoms with Gasteiger partial charge in [-0.3, -0.25) is 10.1 Å². The fourth-order valence-corrected chi connectivity index (χ4v) is 4.42. The average Bonchev–Trinajstić information content (AvgIpc) is 3.17. The maximum absolute atomic E-state index is 14.8. The highest BCUT2D eigenvalue weighted by Gasteiger charge is 2.18. The number of aryl methyl sites for hydroxylation is 2. The number of halogens is 2. The molecule has 0 aliphatic carbocycles. The van der Waals surface area contributed by atoms with Gasteiger partial charge in [-0.2, -0.15) is 0 Å². The molecule has 2 N–H and O–H groups in total. The van der Waals surface area contributed by atoms with Crippen LogP contribution < -0.4 is 10.1 Å². The van der Waals surface area contributed by atoms with E-state index in [0.717, 1.165) is 53.2 Å². The Morgan fingerprint density at radius 3 is 2.65 bits per heavy atom. The van der Waals surface area contributed by atoms with Gasteiger partial charge in [0, 0.05) is 34.3 Å². The highest BCUT2D eigenvalue weighted by Crippen LogP contribution is 2.26. The van der Waals surface area contributed by atoms with E-state index in [1.807, 2.05) is 25.1 Å². The van der Waals surface area contributed by atoms with Gasteiger partial charge in [0.15, 0.2) is 0 Å². The first-order chi connectivity index (χ1) is 16.4. The minimum absolute atomic E-state index is 0.299. The van der Waals surface area contributed by atoms with Crippen LogP contribution in [0.2, 0.25) is 0 Å². The summed E-state index contributed by atoms with van der Waals surface area (Å²) in [5.74, 6) is 0.312. The third-order valence-electron chi connectivity index (χ3n) is 6.04. The molecule has 1 aromatic heterocycles. The number of anilines is 1. The third-order valence-corrected chi connectivity index (χ3v) is 6.53. The van der Waals surface area contributed by atoms with Crippen LogP contribution in [0.15, 0.2) is 40.9 Å². The number of methoxy groups -OCH3 is 1. The Labute approximate surface area is 209 Å². The van der Waals surface area contributed by atoms with Crippen molar-refractivity contribution in [3.63, 3.8) is 0 Å². The van der Waals surface area contributed by atoms with Crippen molar-refractivity contribution >= 4 is 27.8 Å². The molecule has 0 radical (unpaired) electrons. The van der Waals surface area contributed by atoms with E-state index in [2.05, 4.69) is 50.0 Å². The molecule has 0 atom stereocenters. The summed E-state index contributed by atoms with van der Waals surface area (Å²) in [7, 11) is 1.61. The lowest BCUT2D eigenvalue weighted by Gasteiger charge is -2.17. The molecule has 182 valence electrons. The Morgan fingerprint density at radius 2 is 1.94 bits per heavy atom. The molecule has 1 amide bonds. The molecular formula is C26H32BrFN4O2. The quantitative estimate of drug-likeness (QED) is 0.341. The van der Waals surface area contributed by atoms with E-state index in [1.54, 1.807) is 19.2 Å². The van der Waals surface area contributed by atoms with E-state index in [0.29, 0.717) is 29.9 Å². The first-order valence-corrected chi connectivity index (χ1v) is 12.3. The summed E-state index contributed by atoms with van der Waals surface area (Å²) in [6, 6.07) is 10.3. The second-order valence-electron chi connectivity index (χ2n) is 8.10. The Bertz CT molecular complexity index is 1130. The average molecular weight is 531 g/mol. The summed E-state index contributed by atoms with van der Waals surface area (Å²) >= 11 is 3.47. The van der Waals surface area contributed by atoms with Gasteiger partial charge in [-0.1, -0.05) is 35.8 Å². The number of imidazole rings is 1. The normalized spacial score (nSPS) is 11.1. The van der Waals surface area contributed by atoms with Crippen LogP contribution in [-0.4, -0.2) is 47.5 Å². The van der Waals surface area contributed by atoms with Crippen molar-refractivity contribution in [2.45, 2.75) is 40.0 Å².